The van der Waals surface area contributed by atoms with E-state index in [0.717, 1.165) is 15.9 Å². The number of methoxy groups -OCH3 is 1. The van der Waals surface area contributed by atoms with Crippen molar-refractivity contribution in [2.45, 2.75) is 19.4 Å². The van der Waals surface area contributed by atoms with Crippen LogP contribution in [0.5, 0.6) is 0 Å². The highest BCUT2D eigenvalue weighted by Gasteiger charge is 2.26. The molecule has 2 heterocycles. The molecule has 1 aromatic carbocycles. The number of ether oxygens (including phenoxy) is 1. The Hall–Kier alpha value is -2.92. The van der Waals surface area contributed by atoms with Gasteiger partial charge in [0.2, 0.25) is 5.91 Å². The summed E-state index contributed by atoms with van der Waals surface area (Å²) >= 11 is 2.61. The number of thiazole rings is 1. The molecule has 0 unspecified atom stereocenters. The Kier molecular flexibility index (Phi) is 6.73. The highest BCUT2D eigenvalue weighted by molar-refractivity contribution is 7.98. The lowest BCUT2D eigenvalue weighted by atomic mass is 10.2. The fourth-order valence-electron chi connectivity index (χ4n) is 2.99. The highest BCUT2D eigenvalue weighted by atomic mass is 32.2. The van der Waals surface area contributed by atoms with Crippen LogP contribution in [0.2, 0.25) is 0 Å². The lowest BCUT2D eigenvalue weighted by Crippen LogP contribution is -2.43. The Bertz CT molecular complexity index is 1210. The van der Waals surface area contributed by atoms with E-state index in [2.05, 4.69) is 20.0 Å². The molecule has 1 atom stereocenters. The SMILES string of the molecule is COC(=O)c1nc(NC(=O)[C@H](CCSC)n2c(=O)[nH]c3ccccc3c2=O)sc1C. The maximum Gasteiger partial charge on any atom is 0.357 e. The minimum absolute atomic E-state index is 0.110. The van der Waals surface area contributed by atoms with Gasteiger partial charge in [0.05, 0.1) is 18.0 Å². The van der Waals surface area contributed by atoms with Crippen molar-refractivity contribution >= 4 is 51.0 Å². The summed E-state index contributed by atoms with van der Waals surface area (Å²) in [5, 5.41) is 3.14. The van der Waals surface area contributed by atoms with E-state index in [1.165, 1.54) is 18.9 Å². The number of carbonyl (C=O) groups is 2. The van der Waals surface area contributed by atoms with Crippen molar-refractivity contribution in [1.29, 1.82) is 0 Å². The maximum absolute atomic E-state index is 13.0. The number of hydrogen-bond acceptors (Lipinski definition) is 8. The first-order valence-electron chi connectivity index (χ1n) is 8.96. The summed E-state index contributed by atoms with van der Waals surface area (Å²) in [7, 11) is 1.25. The van der Waals surface area contributed by atoms with Crippen LogP contribution in [-0.2, 0) is 9.53 Å². The molecule has 0 radical (unpaired) electrons. The summed E-state index contributed by atoms with van der Waals surface area (Å²) in [6.45, 7) is 1.68. The van der Waals surface area contributed by atoms with Gasteiger partial charge in [0.25, 0.3) is 5.56 Å². The van der Waals surface area contributed by atoms with Crippen molar-refractivity contribution in [1.82, 2.24) is 14.5 Å². The average Bonchev–Trinajstić information content (AvgIpc) is 3.09. The third kappa shape index (κ3) is 4.31. The molecule has 0 fully saturated rings. The number of rotatable bonds is 7. The van der Waals surface area contributed by atoms with Crippen molar-refractivity contribution in [2.24, 2.45) is 0 Å². The monoisotopic (exact) mass is 448 g/mol. The molecule has 30 heavy (non-hydrogen) atoms. The normalized spacial score (nSPS) is 12.0. The molecular formula is C19H20N4O5S2. The fraction of sp³-hybridized carbons (Fsp3) is 0.316. The van der Waals surface area contributed by atoms with Gasteiger partial charge in [0.1, 0.15) is 6.04 Å². The number of para-hydroxylation sites is 1. The molecule has 0 bridgehead atoms. The second kappa shape index (κ2) is 9.26. The smallest absolute Gasteiger partial charge is 0.357 e. The van der Waals surface area contributed by atoms with Gasteiger partial charge in [0.15, 0.2) is 10.8 Å². The zero-order chi connectivity index (χ0) is 21.8. The average molecular weight is 449 g/mol. The first kappa shape index (κ1) is 21.8. The molecule has 0 spiro atoms. The van der Waals surface area contributed by atoms with Gasteiger partial charge < -0.3 is 15.0 Å². The topological polar surface area (TPSA) is 123 Å². The van der Waals surface area contributed by atoms with Crippen molar-refractivity contribution in [3.05, 3.63) is 55.7 Å². The Morgan fingerprint density at radius 3 is 2.77 bits per heavy atom. The summed E-state index contributed by atoms with van der Waals surface area (Å²) in [6.07, 6.45) is 2.14. The molecule has 0 saturated heterocycles. The molecule has 2 N–H and O–H groups in total. The molecule has 158 valence electrons. The lowest BCUT2D eigenvalue weighted by Gasteiger charge is -2.18. The predicted octanol–water partition coefficient (Wildman–Crippen LogP) is 2.17. The number of thioether (sulfide) groups is 1. The first-order chi connectivity index (χ1) is 14.4. The zero-order valence-electron chi connectivity index (χ0n) is 16.6. The summed E-state index contributed by atoms with van der Waals surface area (Å²) in [6, 6.07) is 5.59. The number of H-pyrrole nitrogens is 1. The van der Waals surface area contributed by atoms with Crippen LogP contribution in [0.15, 0.2) is 33.9 Å². The number of benzene rings is 1. The molecule has 9 nitrogen and oxygen atoms in total. The van der Waals surface area contributed by atoms with Gasteiger partial charge in [-0.3, -0.25) is 9.59 Å². The van der Waals surface area contributed by atoms with E-state index in [9.17, 15) is 19.2 Å². The van der Waals surface area contributed by atoms with E-state index in [-0.39, 0.29) is 17.2 Å². The molecule has 3 aromatic rings. The number of esters is 1. The third-order valence-corrected chi connectivity index (χ3v) is 5.98. The molecule has 2 aromatic heterocycles. The standard InChI is InChI=1S/C19H20N4O5S2/c1-10-14(17(26)28-2)21-18(30-10)22-15(24)13(8-9-29-3)23-16(25)11-6-4-5-7-12(11)20-19(23)27/h4-7,13H,8-9H2,1-3H3,(H,20,27)(H,21,22,24)/t13-/m0/s1. The van der Waals surface area contributed by atoms with Crippen molar-refractivity contribution in [3.63, 3.8) is 0 Å². The Balaban J connectivity index is 2.00. The van der Waals surface area contributed by atoms with Crippen LogP contribution in [0.25, 0.3) is 10.9 Å². The second-order valence-corrected chi connectivity index (χ2v) is 8.54. The maximum atomic E-state index is 13.0. The number of fused-ring (bicyclic) bond motifs is 1. The van der Waals surface area contributed by atoms with Gasteiger partial charge in [-0.1, -0.05) is 12.1 Å². The zero-order valence-corrected chi connectivity index (χ0v) is 18.2. The van der Waals surface area contributed by atoms with Crippen LogP contribution in [0.1, 0.15) is 27.8 Å². The van der Waals surface area contributed by atoms with E-state index < -0.39 is 29.2 Å². The highest BCUT2D eigenvalue weighted by Crippen LogP contribution is 2.24. The van der Waals surface area contributed by atoms with E-state index in [0.29, 0.717) is 21.5 Å². The molecule has 3 rings (SSSR count). The second-order valence-electron chi connectivity index (χ2n) is 6.35. The lowest BCUT2D eigenvalue weighted by molar-refractivity contribution is -0.119. The van der Waals surface area contributed by atoms with Crippen LogP contribution in [0.3, 0.4) is 0 Å². The van der Waals surface area contributed by atoms with Crippen molar-refractivity contribution < 1.29 is 14.3 Å². The number of hydrogen-bond donors (Lipinski definition) is 2. The van der Waals surface area contributed by atoms with Crippen LogP contribution in [-0.4, -0.2) is 45.5 Å². The summed E-state index contributed by atoms with van der Waals surface area (Å²) in [5.74, 6) is -0.608. The first-order valence-corrected chi connectivity index (χ1v) is 11.2. The molecule has 0 aliphatic carbocycles. The quantitative estimate of drug-likeness (QED) is 0.531. The van der Waals surface area contributed by atoms with Crippen LogP contribution >= 0.6 is 23.1 Å². The molecule has 0 aliphatic heterocycles. The van der Waals surface area contributed by atoms with Gasteiger partial charge in [-0.25, -0.2) is 19.1 Å². The largest absolute Gasteiger partial charge is 0.464 e. The van der Waals surface area contributed by atoms with E-state index >= 15 is 0 Å². The van der Waals surface area contributed by atoms with E-state index in [1.54, 1.807) is 31.2 Å². The molecule has 0 saturated carbocycles. The number of amides is 1. The van der Waals surface area contributed by atoms with Gasteiger partial charge in [-0.2, -0.15) is 11.8 Å². The third-order valence-electron chi connectivity index (χ3n) is 4.45. The summed E-state index contributed by atoms with van der Waals surface area (Å²) in [4.78, 5) is 57.8. The molecular weight excluding hydrogens is 428 g/mol. The minimum Gasteiger partial charge on any atom is -0.464 e. The van der Waals surface area contributed by atoms with Gasteiger partial charge in [0, 0.05) is 4.88 Å². The van der Waals surface area contributed by atoms with E-state index in [1.807, 2.05) is 6.26 Å². The van der Waals surface area contributed by atoms with Gasteiger partial charge in [-0.05, 0) is 37.5 Å². The summed E-state index contributed by atoms with van der Waals surface area (Å²) < 4.78 is 5.62. The van der Waals surface area contributed by atoms with Crippen LogP contribution in [0.4, 0.5) is 5.13 Å². The summed E-state index contributed by atoms with van der Waals surface area (Å²) in [5.41, 5.74) is -0.683. The van der Waals surface area contributed by atoms with Crippen LogP contribution in [0, 0.1) is 6.92 Å². The number of aromatic nitrogens is 3. The Morgan fingerprint density at radius 2 is 2.07 bits per heavy atom. The van der Waals surface area contributed by atoms with Gasteiger partial charge in [-0.15, -0.1) is 11.3 Å². The molecule has 1 amide bonds. The number of carbonyl (C=O) groups excluding carboxylic acids is 2. The number of aromatic amines is 1. The number of anilines is 1. The van der Waals surface area contributed by atoms with Crippen molar-refractivity contribution in [2.75, 3.05) is 24.4 Å². The number of aryl methyl sites for hydroxylation is 1. The molecule has 11 heteroatoms. The minimum atomic E-state index is -1.04. The Morgan fingerprint density at radius 1 is 1.33 bits per heavy atom. The number of nitrogens with zero attached hydrogens (tertiary/aromatic N) is 2. The number of nitrogens with one attached hydrogen (secondary N) is 2. The van der Waals surface area contributed by atoms with Crippen LogP contribution < -0.4 is 16.6 Å². The molecule has 0 aliphatic rings. The van der Waals surface area contributed by atoms with Gasteiger partial charge >= 0.3 is 11.7 Å². The fourth-order valence-corrected chi connectivity index (χ4v) is 4.25. The van der Waals surface area contributed by atoms with E-state index in [4.69, 9.17) is 0 Å². The Labute approximate surface area is 179 Å². The van der Waals surface area contributed by atoms with Crippen molar-refractivity contribution in [3.8, 4) is 0 Å². The predicted molar refractivity (Wildman–Crippen MR) is 118 cm³/mol.